The number of benzene rings is 1. The zero-order valence-corrected chi connectivity index (χ0v) is 14.3. The molecule has 0 radical (unpaired) electrons. The molecule has 0 bridgehead atoms. The van der Waals surface area contributed by atoms with Crippen molar-refractivity contribution in [2.75, 3.05) is 6.61 Å². The molecule has 4 rings (SSSR count). The second-order valence-corrected chi connectivity index (χ2v) is 7.06. The van der Waals surface area contributed by atoms with Crippen LogP contribution in [0.3, 0.4) is 0 Å². The van der Waals surface area contributed by atoms with Gasteiger partial charge in [0, 0.05) is 28.8 Å². The SMILES string of the molecule is O=C(O)c1ccncc1CC[C@H]1COc2cc(-c3cccs3)ccc21. The molecular weight excluding hydrogens is 334 g/mol. The van der Waals surface area contributed by atoms with Gasteiger partial charge in [0.25, 0.3) is 0 Å². The standard InChI is InChI=1S/C20H17NO3S/c22-20(23)17-7-8-21-11-14(17)3-4-15-12-24-18-10-13(5-6-16(15)18)19-2-1-9-25-19/h1-2,5-11,15H,3-4,12H2,(H,22,23)/t15-/m0/s1. The lowest BCUT2D eigenvalue weighted by Crippen LogP contribution is -2.07. The number of fused-ring (bicyclic) bond motifs is 1. The van der Waals surface area contributed by atoms with E-state index in [2.05, 4.69) is 34.6 Å². The van der Waals surface area contributed by atoms with Crippen molar-refractivity contribution in [3.05, 3.63) is 70.9 Å². The number of aromatic carboxylic acids is 1. The minimum Gasteiger partial charge on any atom is -0.493 e. The fourth-order valence-corrected chi connectivity index (χ4v) is 4.00. The van der Waals surface area contributed by atoms with Crippen LogP contribution >= 0.6 is 11.3 Å². The Morgan fingerprint density at radius 1 is 1.32 bits per heavy atom. The van der Waals surface area contributed by atoms with Crippen molar-refractivity contribution in [3.63, 3.8) is 0 Å². The average Bonchev–Trinajstić information content (AvgIpc) is 3.29. The summed E-state index contributed by atoms with van der Waals surface area (Å²) >= 11 is 1.72. The molecule has 0 amide bonds. The van der Waals surface area contributed by atoms with Crippen LogP contribution < -0.4 is 4.74 Å². The summed E-state index contributed by atoms with van der Waals surface area (Å²) in [6.07, 6.45) is 4.69. The number of hydrogen-bond acceptors (Lipinski definition) is 4. The molecule has 25 heavy (non-hydrogen) atoms. The molecule has 4 nitrogen and oxygen atoms in total. The van der Waals surface area contributed by atoms with E-state index in [1.807, 2.05) is 6.07 Å². The number of rotatable bonds is 5. The van der Waals surface area contributed by atoms with Gasteiger partial charge in [-0.1, -0.05) is 18.2 Å². The lowest BCUT2D eigenvalue weighted by molar-refractivity contribution is 0.0695. The van der Waals surface area contributed by atoms with Crippen molar-refractivity contribution in [2.45, 2.75) is 18.8 Å². The normalized spacial score (nSPS) is 15.6. The number of carboxylic acid groups (broad SMARTS) is 1. The molecule has 0 spiro atoms. The highest BCUT2D eigenvalue weighted by Crippen LogP contribution is 2.40. The van der Waals surface area contributed by atoms with Crippen LogP contribution in [0.15, 0.2) is 54.2 Å². The van der Waals surface area contributed by atoms with Gasteiger partial charge in [-0.2, -0.15) is 0 Å². The Kier molecular flexibility index (Phi) is 4.24. The summed E-state index contributed by atoms with van der Waals surface area (Å²) in [5, 5.41) is 11.4. The first kappa shape index (κ1) is 15.8. The summed E-state index contributed by atoms with van der Waals surface area (Å²) in [4.78, 5) is 16.6. The molecule has 1 aliphatic rings. The topological polar surface area (TPSA) is 59.4 Å². The summed E-state index contributed by atoms with van der Waals surface area (Å²) in [5.41, 5.74) is 3.50. The van der Waals surface area contributed by atoms with Crippen LogP contribution in [0.25, 0.3) is 10.4 Å². The number of aryl methyl sites for hydroxylation is 1. The number of hydrogen-bond donors (Lipinski definition) is 1. The molecule has 0 fully saturated rings. The molecule has 126 valence electrons. The maximum absolute atomic E-state index is 11.3. The van der Waals surface area contributed by atoms with Gasteiger partial charge < -0.3 is 9.84 Å². The summed E-state index contributed by atoms with van der Waals surface area (Å²) in [5.74, 6) is 0.329. The second-order valence-electron chi connectivity index (χ2n) is 6.11. The van der Waals surface area contributed by atoms with E-state index >= 15 is 0 Å². The van der Waals surface area contributed by atoms with Crippen molar-refractivity contribution in [2.24, 2.45) is 0 Å². The lowest BCUT2D eigenvalue weighted by atomic mass is 9.92. The molecule has 0 saturated carbocycles. The minimum absolute atomic E-state index is 0.286. The van der Waals surface area contributed by atoms with Gasteiger partial charge in [0.2, 0.25) is 0 Å². The van der Waals surface area contributed by atoms with Gasteiger partial charge in [0.15, 0.2) is 0 Å². The lowest BCUT2D eigenvalue weighted by Gasteiger charge is -2.10. The fourth-order valence-electron chi connectivity index (χ4n) is 3.28. The maximum Gasteiger partial charge on any atom is 0.336 e. The van der Waals surface area contributed by atoms with Gasteiger partial charge in [0.1, 0.15) is 5.75 Å². The molecule has 1 atom stereocenters. The highest BCUT2D eigenvalue weighted by atomic mass is 32.1. The Labute approximate surface area is 149 Å². The molecule has 1 aromatic carbocycles. The number of thiophene rings is 1. The quantitative estimate of drug-likeness (QED) is 0.729. The van der Waals surface area contributed by atoms with Crippen LogP contribution in [-0.4, -0.2) is 22.7 Å². The maximum atomic E-state index is 11.3. The van der Waals surface area contributed by atoms with Crippen LogP contribution in [-0.2, 0) is 6.42 Å². The molecule has 3 heterocycles. The molecule has 1 N–H and O–H groups in total. The van der Waals surface area contributed by atoms with E-state index in [0.29, 0.717) is 18.6 Å². The van der Waals surface area contributed by atoms with Crippen LogP contribution in [0.1, 0.15) is 33.8 Å². The van der Waals surface area contributed by atoms with E-state index in [-0.39, 0.29) is 5.92 Å². The average molecular weight is 351 g/mol. The summed E-state index contributed by atoms with van der Waals surface area (Å²) in [7, 11) is 0. The first-order valence-electron chi connectivity index (χ1n) is 8.19. The largest absolute Gasteiger partial charge is 0.493 e. The van der Waals surface area contributed by atoms with Gasteiger partial charge in [0.05, 0.1) is 12.2 Å². The predicted molar refractivity (Wildman–Crippen MR) is 97.5 cm³/mol. The fraction of sp³-hybridized carbons (Fsp3) is 0.200. The summed E-state index contributed by atoms with van der Waals surface area (Å²) in [6.45, 7) is 0.645. The minimum atomic E-state index is -0.902. The monoisotopic (exact) mass is 351 g/mol. The van der Waals surface area contributed by atoms with Crippen molar-refractivity contribution in [1.29, 1.82) is 0 Å². The van der Waals surface area contributed by atoms with Gasteiger partial charge in [-0.25, -0.2) is 4.79 Å². The first-order chi connectivity index (χ1) is 12.2. The molecule has 0 aliphatic carbocycles. The number of carboxylic acids is 1. The Balaban J connectivity index is 1.51. The Morgan fingerprint density at radius 3 is 3.04 bits per heavy atom. The van der Waals surface area contributed by atoms with Crippen molar-refractivity contribution in [3.8, 4) is 16.2 Å². The summed E-state index contributed by atoms with van der Waals surface area (Å²) in [6, 6.07) is 12.1. The van der Waals surface area contributed by atoms with Gasteiger partial charge in [-0.05, 0) is 47.5 Å². The Morgan fingerprint density at radius 2 is 2.24 bits per heavy atom. The van der Waals surface area contributed by atoms with E-state index in [0.717, 1.165) is 17.7 Å². The highest BCUT2D eigenvalue weighted by Gasteiger charge is 2.25. The van der Waals surface area contributed by atoms with E-state index < -0.39 is 5.97 Å². The number of carbonyl (C=O) groups is 1. The Bertz CT molecular complexity index is 905. The molecule has 1 aliphatic heterocycles. The zero-order valence-electron chi connectivity index (χ0n) is 13.5. The van der Waals surface area contributed by atoms with Gasteiger partial charge in [-0.3, -0.25) is 4.98 Å². The number of ether oxygens (including phenoxy) is 1. The molecule has 2 aromatic heterocycles. The predicted octanol–water partition coefficient (Wildman–Crippen LogP) is 4.62. The van der Waals surface area contributed by atoms with Crippen molar-refractivity contribution >= 4 is 17.3 Å². The smallest absolute Gasteiger partial charge is 0.336 e. The van der Waals surface area contributed by atoms with E-state index in [9.17, 15) is 9.90 Å². The third-order valence-electron chi connectivity index (χ3n) is 4.60. The second kappa shape index (κ2) is 6.69. The molecule has 5 heteroatoms. The van der Waals surface area contributed by atoms with Crippen LogP contribution in [0.4, 0.5) is 0 Å². The van der Waals surface area contributed by atoms with Gasteiger partial charge >= 0.3 is 5.97 Å². The Hall–Kier alpha value is -2.66. The van der Waals surface area contributed by atoms with E-state index in [1.54, 1.807) is 23.6 Å². The number of aromatic nitrogens is 1. The molecule has 3 aromatic rings. The summed E-state index contributed by atoms with van der Waals surface area (Å²) < 4.78 is 5.89. The number of nitrogens with zero attached hydrogens (tertiary/aromatic N) is 1. The number of pyridine rings is 1. The highest BCUT2D eigenvalue weighted by molar-refractivity contribution is 7.13. The molecule has 0 unspecified atom stereocenters. The van der Waals surface area contributed by atoms with Crippen LogP contribution in [0, 0.1) is 0 Å². The van der Waals surface area contributed by atoms with Crippen LogP contribution in [0.2, 0.25) is 0 Å². The van der Waals surface area contributed by atoms with E-state index in [1.165, 1.54) is 22.2 Å². The van der Waals surface area contributed by atoms with Crippen molar-refractivity contribution < 1.29 is 14.6 Å². The third-order valence-corrected chi connectivity index (χ3v) is 5.51. The molecular formula is C20H17NO3S. The van der Waals surface area contributed by atoms with Gasteiger partial charge in [-0.15, -0.1) is 11.3 Å². The first-order valence-corrected chi connectivity index (χ1v) is 9.07. The third kappa shape index (κ3) is 3.15. The van der Waals surface area contributed by atoms with Crippen LogP contribution in [0.5, 0.6) is 5.75 Å². The zero-order chi connectivity index (χ0) is 17.2. The van der Waals surface area contributed by atoms with E-state index in [4.69, 9.17) is 4.74 Å². The molecule has 0 saturated heterocycles. The van der Waals surface area contributed by atoms with Crippen molar-refractivity contribution in [1.82, 2.24) is 4.98 Å².